The number of ketones is 1. The summed E-state index contributed by atoms with van der Waals surface area (Å²) in [4.78, 5) is 21.9. The Hall–Kier alpha value is -2.69. The fourth-order valence-electron chi connectivity index (χ4n) is 1.76. The molecular weight excluding hydrogens is 258 g/mol. The van der Waals surface area contributed by atoms with Crippen molar-refractivity contribution < 1.29 is 14.5 Å². The molecule has 0 N–H and O–H groups in total. The number of nitrogens with zero attached hydrogens (tertiary/aromatic N) is 1. The highest BCUT2D eigenvalue weighted by Crippen LogP contribution is 2.33. The third-order valence-electron chi connectivity index (χ3n) is 2.88. The first kappa shape index (κ1) is 13.7. The van der Waals surface area contributed by atoms with E-state index < -0.39 is 4.92 Å². The minimum absolute atomic E-state index is 0.0667. The van der Waals surface area contributed by atoms with E-state index in [4.69, 9.17) is 4.74 Å². The maximum Gasteiger partial charge on any atom is 0.311 e. The molecule has 0 unspecified atom stereocenters. The molecule has 0 aliphatic carbocycles. The number of aryl methyl sites for hydroxylation is 1. The summed E-state index contributed by atoms with van der Waals surface area (Å²) < 4.78 is 5.60. The van der Waals surface area contributed by atoms with Crippen LogP contribution in [0.4, 0.5) is 5.69 Å². The van der Waals surface area contributed by atoms with Gasteiger partial charge in [-0.2, -0.15) is 0 Å². The summed E-state index contributed by atoms with van der Waals surface area (Å²) in [5.41, 5.74) is 1.06. The minimum Gasteiger partial charge on any atom is -0.450 e. The Kier molecular flexibility index (Phi) is 3.79. The van der Waals surface area contributed by atoms with Gasteiger partial charge in [-0.1, -0.05) is 18.2 Å². The summed E-state index contributed by atoms with van der Waals surface area (Å²) >= 11 is 0. The number of nitro groups is 1. The highest BCUT2D eigenvalue weighted by Gasteiger charge is 2.18. The Morgan fingerprint density at radius 2 is 1.85 bits per heavy atom. The lowest BCUT2D eigenvalue weighted by atomic mass is 10.1. The Morgan fingerprint density at radius 1 is 1.15 bits per heavy atom. The SMILES string of the molecule is CC(=O)c1ccc([N+](=O)[O-])c(Oc2ccccc2C)c1. The van der Waals surface area contributed by atoms with Crippen molar-refractivity contribution in [2.45, 2.75) is 13.8 Å². The normalized spacial score (nSPS) is 10.1. The van der Waals surface area contributed by atoms with Crippen molar-refractivity contribution in [1.29, 1.82) is 0 Å². The van der Waals surface area contributed by atoms with E-state index >= 15 is 0 Å². The van der Waals surface area contributed by atoms with Gasteiger partial charge in [0.2, 0.25) is 5.75 Å². The second kappa shape index (κ2) is 5.52. The predicted molar refractivity (Wildman–Crippen MR) is 74.4 cm³/mol. The molecule has 5 nitrogen and oxygen atoms in total. The van der Waals surface area contributed by atoms with Crippen molar-refractivity contribution >= 4 is 11.5 Å². The van der Waals surface area contributed by atoms with E-state index in [1.165, 1.54) is 25.1 Å². The molecule has 0 atom stereocenters. The number of ether oxygens (including phenoxy) is 1. The maximum atomic E-state index is 11.4. The number of benzene rings is 2. The van der Waals surface area contributed by atoms with Gasteiger partial charge in [0, 0.05) is 11.6 Å². The topological polar surface area (TPSA) is 69.4 Å². The molecule has 0 amide bonds. The van der Waals surface area contributed by atoms with Crippen LogP contribution in [-0.4, -0.2) is 10.7 Å². The molecule has 0 saturated heterocycles. The van der Waals surface area contributed by atoms with Gasteiger partial charge >= 0.3 is 5.69 Å². The quantitative estimate of drug-likeness (QED) is 0.480. The Morgan fingerprint density at radius 3 is 2.45 bits per heavy atom. The molecule has 102 valence electrons. The van der Waals surface area contributed by atoms with E-state index in [-0.39, 0.29) is 17.2 Å². The average molecular weight is 271 g/mol. The zero-order valence-corrected chi connectivity index (χ0v) is 11.1. The van der Waals surface area contributed by atoms with Crippen molar-refractivity contribution in [3.63, 3.8) is 0 Å². The molecule has 0 aliphatic rings. The zero-order valence-electron chi connectivity index (χ0n) is 11.1. The lowest BCUT2D eigenvalue weighted by molar-refractivity contribution is -0.385. The van der Waals surface area contributed by atoms with E-state index in [0.717, 1.165) is 5.56 Å². The van der Waals surface area contributed by atoms with E-state index in [1.54, 1.807) is 12.1 Å². The Bertz CT molecular complexity index is 679. The van der Waals surface area contributed by atoms with Crippen LogP contribution in [0.5, 0.6) is 11.5 Å². The molecule has 0 saturated carbocycles. The summed E-state index contributed by atoms with van der Waals surface area (Å²) in [6.07, 6.45) is 0. The van der Waals surface area contributed by atoms with Gasteiger partial charge in [0.25, 0.3) is 0 Å². The van der Waals surface area contributed by atoms with E-state index in [9.17, 15) is 14.9 Å². The number of Topliss-reactive ketones (excluding diaryl/α,β-unsaturated/α-hetero) is 1. The number of rotatable bonds is 4. The van der Waals surface area contributed by atoms with Crippen LogP contribution < -0.4 is 4.74 Å². The minimum atomic E-state index is -0.530. The fourth-order valence-corrected chi connectivity index (χ4v) is 1.76. The van der Waals surface area contributed by atoms with Crippen molar-refractivity contribution in [2.75, 3.05) is 0 Å². The molecule has 20 heavy (non-hydrogen) atoms. The summed E-state index contributed by atoms with van der Waals surface area (Å²) in [5.74, 6) is 0.419. The molecule has 0 radical (unpaired) electrons. The van der Waals surface area contributed by atoms with Gasteiger partial charge in [-0.25, -0.2) is 0 Å². The highest BCUT2D eigenvalue weighted by atomic mass is 16.6. The third-order valence-corrected chi connectivity index (χ3v) is 2.88. The Balaban J connectivity index is 2.48. The summed E-state index contributed by atoms with van der Waals surface area (Å²) in [6.45, 7) is 3.24. The van der Waals surface area contributed by atoms with Gasteiger partial charge in [0.05, 0.1) is 4.92 Å². The molecule has 0 fully saturated rings. The monoisotopic (exact) mass is 271 g/mol. The van der Waals surface area contributed by atoms with Gasteiger partial charge in [0.15, 0.2) is 5.78 Å². The summed E-state index contributed by atoms with van der Waals surface area (Å²) in [6, 6.07) is 11.3. The van der Waals surface area contributed by atoms with Crippen LogP contribution in [0.2, 0.25) is 0 Å². The molecule has 0 bridgehead atoms. The molecule has 2 aromatic carbocycles. The number of para-hydroxylation sites is 1. The maximum absolute atomic E-state index is 11.4. The third kappa shape index (κ3) is 2.83. The van der Waals surface area contributed by atoms with Gasteiger partial charge in [-0.3, -0.25) is 14.9 Å². The predicted octanol–water partition coefficient (Wildman–Crippen LogP) is 3.90. The molecule has 0 spiro atoms. The molecule has 0 aromatic heterocycles. The average Bonchev–Trinajstić information content (AvgIpc) is 2.41. The van der Waals surface area contributed by atoms with Gasteiger partial charge in [-0.15, -0.1) is 0 Å². The number of carbonyl (C=O) groups excluding carboxylic acids is 1. The molecule has 0 heterocycles. The van der Waals surface area contributed by atoms with Gasteiger partial charge < -0.3 is 4.74 Å². The van der Waals surface area contributed by atoms with Crippen molar-refractivity contribution in [3.8, 4) is 11.5 Å². The molecule has 2 rings (SSSR count). The van der Waals surface area contributed by atoms with E-state index in [2.05, 4.69) is 0 Å². The Labute approximate surface area is 116 Å². The molecule has 0 aliphatic heterocycles. The van der Waals surface area contributed by atoms with Crippen LogP contribution >= 0.6 is 0 Å². The lowest BCUT2D eigenvalue weighted by Crippen LogP contribution is -1.98. The molecular formula is C15H13NO4. The van der Waals surface area contributed by atoms with Crippen LogP contribution in [0, 0.1) is 17.0 Å². The first-order valence-electron chi connectivity index (χ1n) is 6.02. The van der Waals surface area contributed by atoms with Crippen LogP contribution in [0.25, 0.3) is 0 Å². The van der Waals surface area contributed by atoms with Crippen LogP contribution in [0.3, 0.4) is 0 Å². The van der Waals surface area contributed by atoms with Crippen molar-refractivity contribution in [2.24, 2.45) is 0 Å². The molecule has 5 heteroatoms. The number of carbonyl (C=O) groups is 1. The number of hydrogen-bond donors (Lipinski definition) is 0. The molecule has 2 aromatic rings. The van der Waals surface area contributed by atoms with Gasteiger partial charge in [-0.05, 0) is 37.6 Å². The van der Waals surface area contributed by atoms with Crippen molar-refractivity contribution in [3.05, 3.63) is 63.7 Å². The number of hydrogen-bond acceptors (Lipinski definition) is 4. The van der Waals surface area contributed by atoms with E-state index in [0.29, 0.717) is 11.3 Å². The first-order chi connectivity index (χ1) is 9.49. The first-order valence-corrected chi connectivity index (χ1v) is 6.02. The fraction of sp³-hybridized carbons (Fsp3) is 0.133. The van der Waals surface area contributed by atoms with Crippen LogP contribution in [0.15, 0.2) is 42.5 Å². The van der Waals surface area contributed by atoms with Gasteiger partial charge in [0.1, 0.15) is 5.75 Å². The zero-order chi connectivity index (χ0) is 14.7. The smallest absolute Gasteiger partial charge is 0.311 e. The highest BCUT2D eigenvalue weighted by molar-refractivity contribution is 5.94. The second-order valence-corrected chi connectivity index (χ2v) is 4.36. The van der Waals surface area contributed by atoms with Crippen LogP contribution in [-0.2, 0) is 0 Å². The van der Waals surface area contributed by atoms with E-state index in [1.807, 2.05) is 19.1 Å². The standard InChI is InChI=1S/C15H13NO4/c1-10-5-3-4-6-14(10)20-15-9-12(11(2)17)7-8-13(15)16(18)19/h3-9H,1-2H3. The lowest BCUT2D eigenvalue weighted by Gasteiger charge is -2.09. The largest absolute Gasteiger partial charge is 0.450 e. The van der Waals surface area contributed by atoms with Crippen LogP contribution in [0.1, 0.15) is 22.8 Å². The van der Waals surface area contributed by atoms with Crippen molar-refractivity contribution in [1.82, 2.24) is 0 Å². The summed E-state index contributed by atoms with van der Waals surface area (Å²) in [5, 5.41) is 11.0. The second-order valence-electron chi connectivity index (χ2n) is 4.36. The number of nitro benzene ring substituents is 1. The summed E-state index contributed by atoms with van der Waals surface area (Å²) in [7, 11) is 0.